The van der Waals surface area contributed by atoms with Gasteiger partial charge < -0.3 is 20.1 Å². The smallest absolute Gasteiger partial charge is 0.342 e. The first kappa shape index (κ1) is 19.4. The standard InChI is InChI=1S/C28H22N2O3/c1-17-11-13-18(14-12-17)30(2)19-15-22-26(23(29)16-19)27(31)33-28(22)20-7-3-5-9-24(20)32-25-10-6-4-8-21(25)28/h3-16H,29H2,1-2H3. The van der Waals surface area contributed by atoms with Crippen LogP contribution in [0.2, 0.25) is 0 Å². The first-order valence-electron chi connectivity index (χ1n) is 10.8. The first-order valence-corrected chi connectivity index (χ1v) is 10.8. The summed E-state index contributed by atoms with van der Waals surface area (Å²) in [6.45, 7) is 2.06. The van der Waals surface area contributed by atoms with Crippen LogP contribution in [0.15, 0.2) is 84.9 Å². The van der Waals surface area contributed by atoms with Gasteiger partial charge in [0.1, 0.15) is 11.5 Å². The molecule has 0 amide bonds. The second-order valence-electron chi connectivity index (χ2n) is 8.52. The summed E-state index contributed by atoms with van der Waals surface area (Å²) in [5.41, 5.74) is 11.5. The number of carbonyl (C=O) groups excluding carboxylic acids is 1. The Morgan fingerprint density at radius 1 is 0.788 bits per heavy atom. The maximum absolute atomic E-state index is 13.2. The van der Waals surface area contributed by atoms with Crippen LogP contribution in [-0.4, -0.2) is 13.0 Å². The summed E-state index contributed by atoms with van der Waals surface area (Å²) >= 11 is 0. The third-order valence-electron chi connectivity index (χ3n) is 6.54. The quantitative estimate of drug-likeness (QED) is 0.314. The van der Waals surface area contributed by atoms with E-state index in [0.29, 0.717) is 22.7 Å². The highest BCUT2D eigenvalue weighted by molar-refractivity contribution is 6.03. The largest absolute Gasteiger partial charge is 0.456 e. The Balaban J connectivity index is 1.62. The van der Waals surface area contributed by atoms with E-state index in [0.717, 1.165) is 28.1 Å². The van der Waals surface area contributed by atoms with Gasteiger partial charge in [0, 0.05) is 40.8 Å². The molecule has 6 rings (SSSR count). The third-order valence-corrected chi connectivity index (χ3v) is 6.54. The van der Waals surface area contributed by atoms with Gasteiger partial charge in [-0.05, 0) is 43.3 Å². The number of benzene rings is 4. The summed E-state index contributed by atoms with van der Waals surface area (Å²) in [7, 11) is 1.99. The number of nitrogens with zero attached hydrogens (tertiary/aromatic N) is 1. The third kappa shape index (κ3) is 2.69. The van der Waals surface area contributed by atoms with Crippen molar-refractivity contribution in [3.05, 3.63) is 113 Å². The predicted molar refractivity (Wildman–Crippen MR) is 128 cm³/mol. The van der Waals surface area contributed by atoms with Crippen molar-refractivity contribution in [3.63, 3.8) is 0 Å². The number of hydrogen-bond acceptors (Lipinski definition) is 5. The van der Waals surface area contributed by atoms with Gasteiger partial charge >= 0.3 is 5.97 Å². The van der Waals surface area contributed by atoms with Gasteiger partial charge in [-0.2, -0.15) is 0 Å². The van der Waals surface area contributed by atoms with Crippen LogP contribution < -0.4 is 15.4 Å². The maximum atomic E-state index is 13.2. The lowest BCUT2D eigenvalue weighted by Crippen LogP contribution is -2.33. The Bertz CT molecular complexity index is 1380. The molecule has 0 saturated carbocycles. The van der Waals surface area contributed by atoms with Crippen molar-refractivity contribution in [1.29, 1.82) is 0 Å². The van der Waals surface area contributed by atoms with Crippen molar-refractivity contribution >= 4 is 23.0 Å². The van der Waals surface area contributed by atoms with Gasteiger partial charge in [-0.15, -0.1) is 0 Å². The van der Waals surface area contributed by atoms with Crippen LogP contribution in [-0.2, 0) is 10.3 Å². The maximum Gasteiger partial charge on any atom is 0.342 e. The number of nitrogens with two attached hydrogens (primary N) is 1. The van der Waals surface area contributed by atoms with E-state index in [1.54, 1.807) is 0 Å². The minimum Gasteiger partial charge on any atom is -0.456 e. The van der Waals surface area contributed by atoms with Crippen molar-refractivity contribution in [2.24, 2.45) is 0 Å². The van der Waals surface area contributed by atoms with Crippen LogP contribution in [0.4, 0.5) is 17.1 Å². The summed E-state index contributed by atoms with van der Waals surface area (Å²) in [6, 6.07) is 27.5. The highest BCUT2D eigenvalue weighted by Gasteiger charge is 2.54. The second-order valence-corrected chi connectivity index (χ2v) is 8.52. The number of anilines is 3. The van der Waals surface area contributed by atoms with Crippen LogP contribution in [0.3, 0.4) is 0 Å². The van der Waals surface area contributed by atoms with Gasteiger partial charge in [0.15, 0.2) is 5.60 Å². The Morgan fingerprint density at radius 3 is 2.03 bits per heavy atom. The molecule has 2 aliphatic heterocycles. The van der Waals surface area contributed by atoms with E-state index in [1.165, 1.54) is 5.56 Å². The summed E-state index contributed by atoms with van der Waals surface area (Å²) in [5, 5.41) is 0. The Hall–Kier alpha value is -4.25. The molecule has 0 bridgehead atoms. The molecule has 2 N–H and O–H groups in total. The predicted octanol–water partition coefficient (Wildman–Crippen LogP) is 5.91. The molecule has 5 nitrogen and oxygen atoms in total. The minimum atomic E-state index is -1.13. The topological polar surface area (TPSA) is 64.8 Å². The van der Waals surface area contributed by atoms with Crippen LogP contribution in [0.1, 0.15) is 32.6 Å². The van der Waals surface area contributed by atoms with Crippen molar-refractivity contribution in [3.8, 4) is 11.5 Å². The van der Waals surface area contributed by atoms with E-state index in [2.05, 4.69) is 36.1 Å². The van der Waals surface area contributed by atoms with Gasteiger partial charge in [-0.1, -0.05) is 54.1 Å². The molecular formula is C28H22N2O3. The molecule has 4 aromatic rings. The molecule has 4 aromatic carbocycles. The average Bonchev–Trinajstić information content (AvgIpc) is 3.12. The molecule has 0 atom stereocenters. The fourth-order valence-corrected chi connectivity index (χ4v) is 4.87. The molecule has 0 fully saturated rings. The number of ether oxygens (including phenoxy) is 2. The highest BCUT2D eigenvalue weighted by Crippen LogP contribution is 2.57. The zero-order valence-corrected chi connectivity index (χ0v) is 18.3. The van der Waals surface area contributed by atoms with E-state index in [1.807, 2.05) is 67.7 Å². The molecule has 0 unspecified atom stereocenters. The van der Waals surface area contributed by atoms with E-state index in [4.69, 9.17) is 15.2 Å². The van der Waals surface area contributed by atoms with Crippen LogP contribution in [0.5, 0.6) is 11.5 Å². The number of rotatable bonds is 2. The molecule has 0 radical (unpaired) electrons. The molecule has 0 aromatic heterocycles. The number of nitrogen functional groups attached to an aromatic ring is 1. The monoisotopic (exact) mass is 434 g/mol. The number of carbonyl (C=O) groups is 1. The molecule has 1 spiro atoms. The van der Waals surface area contributed by atoms with E-state index < -0.39 is 11.6 Å². The Kier molecular flexibility index (Phi) is 4.05. The molecule has 0 saturated heterocycles. The molecule has 2 heterocycles. The normalized spacial score (nSPS) is 14.7. The molecule has 33 heavy (non-hydrogen) atoms. The van der Waals surface area contributed by atoms with Gasteiger partial charge in [-0.25, -0.2) is 4.79 Å². The fourth-order valence-electron chi connectivity index (χ4n) is 4.87. The summed E-state index contributed by atoms with van der Waals surface area (Å²) < 4.78 is 12.4. The van der Waals surface area contributed by atoms with Crippen molar-refractivity contribution < 1.29 is 14.3 Å². The molecule has 0 aliphatic carbocycles. The Labute approximate surface area is 192 Å². The van der Waals surface area contributed by atoms with Crippen molar-refractivity contribution in [2.75, 3.05) is 17.7 Å². The van der Waals surface area contributed by atoms with Crippen molar-refractivity contribution in [2.45, 2.75) is 12.5 Å². The number of aryl methyl sites for hydroxylation is 1. The van der Waals surface area contributed by atoms with E-state index >= 15 is 0 Å². The number of fused-ring (bicyclic) bond motifs is 6. The van der Waals surface area contributed by atoms with Gasteiger partial charge in [0.25, 0.3) is 0 Å². The first-order chi connectivity index (χ1) is 16.0. The Morgan fingerprint density at radius 2 is 1.39 bits per heavy atom. The lowest BCUT2D eigenvalue weighted by molar-refractivity contribution is 0.0225. The van der Waals surface area contributed by atoms with Gasteiger partial charge in [0.05, 0.1) is 5.56 Å². The molecule has 2 aliphatic rings. The van der Waals surface area contributed by atoms with Crippen LogP contribution in [0.25, 0.3) is 0 Å². The zero-order chi connectivity index (χ0) is 22.7. The average molecular weight is 434 g/mol. The summed E-state index contributed by atoms with van der Waals surface area (Å²) in [4.78, 5) is 15.3. The second kappa shape index (κ2) is 6.87. The van der Waals surface area contributed by atoms with Crippen LogP contribution >= 0.6 is 0 Å². The lowest BCUT2D eigenvalue weighted by Gasteiger charge is -2.36. The molecule has 5 heteroatoms. The number of para-hydroxylation sites is 2. The van der Waals surface area contributed by atoms with E-state index in [9.17, 15) is 4.79 Å². The van der Waals surface area contributed by atoms with Crippen molar-refractivity contribution in [1.82, 2.24) is 0 Å². The fraction of sp³-hybridized carbons (Fsp3) is 0.107. The van der Waals surface area contributed by atoms with Gasteiger partial charge in [-0.3, -0.25) is 0 Å². The molecular weight excluding hydrogens is 412 g/mol. The summed E-state index contributed by atoms with van der Waals surface area (Å²) in [5.74, 6) is 0.888. The highest BCUT2D eigenvalue weighted by atomic mass is 16.6. The van der Waals surface area contributed by atoms with Gasteiger partial charge in [0.2, 0.25) is 0 Å². The SMILES string of the molecule is Cc1ccc(N(C)c2cc(N)c3c(c2)C2(OC3=O)c3ccccc3Oc3ccccc32)cc1. The summed E-state index contributed by atoms with van der Waals surface area (Å²) in [6.07, 6.45) is 0. The molecule has 162 valence electrons. The van der Waals surface area contributed by atoms with Crippen LogP contribution in [0, 0.1) is 6.92 Å². The zero-order valence-electron chi connectivity index (χ0n) is 18.3. The minimum absolute atomic E-state index is 0.393. The van der Waals surface area contributed by atoms with E-state index in [-0.39, 0.29) is 0 Å². The number of esters is 1. The lowest BCUT2D eigenvalue weighted by atomic mass is 9.77. The number of hydrogen-bond donors (Lipinski definition) is 1.